The van der Waals surface area contributed by atoms with Gasteiger partial charge in [0.15, 0.2) is 0 Å². The van der Waals surface area contributed by atoms with Gasteiger partial charge in [-0.3, -0.25) is 14.6 Å². The number of aliphatic hydroxyl groups excluding tert-OH is 1. The molecule has 1 amide bonds. The first-order valence-corrected chi connectivity index (χ1v) is 10.3. The lowest BCUT2D eigenvalue weighted by Gasteiger charge is -2.35. The van der Waals surface area contributed by atoms with Gasteiger partial charge in [-0.05, 0) is 18.9 Å². The van der Waals surface area contributed by atoms with Crippen molar-refractivity contribution in [2.24, 2.45) is 0 Å². The highest BCUT2D eigenvalue weighted by Gasteiger charge is 2.24. The summed E-state index contributed by atoms with van der Waals surface area (Å²) in [7, 11) is 1.64. The Morgan fingerprint density at radius 2 is 1.75 bits per heavy atom. The summed E-state index contributed by atoms with van der Waals surface area (Å²) in [6, 6.07) is 7.75. The van der Waals surface area contributed by atoms with Gasteiger partial charge in [-0.15, -0.1) is 0 Å². The van der Waals surface area contributed by atoms with Gasteiger partial charge >= 0.3 is 0 Å². The zero-order valence-electron chi connectivity index (χ0n) is 16.9. The van der Waals surface area contributed by atoms with Crippen LogP contribution < -0.4 is 4.74 Å². The monoisotopic (exact) mass is 391 g/mol. The average Bonchev–Trinajstić information content (AvgIpc) is 3.25. The summed E-state index contributed by atoms with van der Waals surface area (Å²) in [5.74, 6) is 1.06. The molecule has 7 heteroatoms. The molecule has 0 radical (unpaired) electrons. The van der Waals surface area contributed by atoms with E-state index in [0.29, 0.717) is 26.3 Å². The number of ether oxygens (including phenoxy) is 2. The molecule has 0 saturated carbocycles. The molecule has 1 aromatic carbocycles. The standard InChI is InChI=1S/C21H33N3O4/c1-27-20-7-3-2-6-18(20)16-28-17-19(25)14-22-10-12-23(13-11-22)15-21(26)24-8-4-5-9-24/h2-3,6-7,19,25H,4-5,8-17H2,1H3. The number of β-amino-alcohol motifs (C(OH)–C–C–N with tert-alkyl or cyclic N) is 1. The van der Waals surface area contributed by atoms with E-state index in [9.17, 15) is 9.90 Å². The highest BCUT2D eigenvalue weighted by Crippen LogP contribution is 2.18. The van der Waals surface area contributed by atoms with E-state index in [4.69, 9.17) is 9.47 Å². The lowest BCUT2D eigenvalue weighted by Crippen LogP contribution is -2.51. The lowest BCUT2D eigenvalue weighted by atomic mass is 10.2. The summed E-state index contributed by atoms with van der Waals surface area (Å²) in [6.45, 7) is 7.16. The molecule has 3 rings (SSSR count). The van der Waals surface area contributed by atoms with Crippen LogP contribution in [0.25, 0.3) is 0 Å². The van der Waals surface area contributed by atoms with Gasteiger partial charge in [0.25, 0.3) is 0 Å². The van der Waals surface area contributed by atoms with E-state index in [0.717, 1.165) is 63.4 Å². The number of hydrogen-bond donors (Lipinski definition) is 1. The number of nitrogens with zero attached hydrogens (tertiary/aromatic N) is 3. The van der Waals surface area contributed by atoms with Crippen LogP contribution in [-0.2, 0) is 16.1 Å². The number of hydrogen-bond acceptors (Lipinski definition) is 6. The number of likely N-dealkylation sites (tertiary alicyclic amines) is 1. The van der Waals surface area contributed by atoms with Gasteiger partial charge < -0.3 is 19.5 Å². The molecule has 28 heavy (non-hydrogen) atoms. The Morgan fingerprint density at radius 3 is 2.46 bits per heavy atom. The third-order valence-corrected chi connectivity index (χ3v) is 5.51. The average molecular weight is 392 g/mol. The van der Waals surface area contributed by atoms with E-state index in [1.165, 1.54) is 0 Å². The van der Waals surface area contributed by atoms with Crippen molar-refractivity contribution in [1.29, 1.82) is 0 Å². The fraction of sp³-hybridized carbons (Fsp3) is 0.667. The molecular formula is C21H33N3O4. The second kappa shape index (κ2) is 10.8. The molecule has 1 aromatic rings. The molecule has 2 heterocycles. The summed E-state index contributed by atoms with van der Waals surface area (Å²) < 4.78 is 11.0. The number of piperazine rings is 1. The van der Waals surface area contributed by atoms with Gasteiger partial charge in [0.05, 0.1) is 33.0 Å². The molecular weight excluding hydrogens is 358 g/mol. The summed E-state index contributed by atoms with van der Waals surface area (Å²) in [5, 5.41) is 10.3. The van der Waals surface area contributed by atoms with Gasteiger partial charge in [-0.1, -0.05) is 18.2 Å². The Kier molecular flexibility index (Phi) is 8.09. The van der Waals surface area contributed by atoms with Gasteiger partial charge in [0.2, 0.25) is 5.91 Å². The number of carbonyl (C=O) groups is 1. The molecule has 0 aliphatic carbocycles. The van der Waals surface area contributed by atoms with Gasteiger partial charge in [0, 0.05) is 51.4 Å². The van der Waals surface area contributed by atoms with Crippen LogP contribution in [0.4, 0.5) is 0 Å². The summed E-state index contributed by atoms with van der Waals surface area (Å²) in [6.07, 6.45) is 1.75. The van der Waals surface area contributed by atoms with Crippen molar-refractivity contribution < 1.29 is 19.4 Å². The fourth-order valence-electron chi connectivity index (χ4n) is 3.87. The third-order valence-electron chi connectivity index (χ3n) is 5.51. The molecule has 7 nitrogen and oxygen atoms in total. The molecule has 1 atom stereocenters. The van der Waals surface area contributed by atoms with Crippen LogP contribution in [0.3, 0.4) is 0 Å². The number of carbonyl (C=O) groups excluding carboxylic acids is 1. The van der Waals surface area contributed by atoms with Crippen molar-refractivity contribution in [3.63, 3.8) is 0 Å². The van der Waals surface area contributed by atoms with Crippen molar-refractivity contribution in [2.75, 3.05) is 66.1 Å². The highest BCUT2D eigenvalue weighted by molar-refractivity contribution is 5.78. The third kappa shape index (κ3) is 6.17. The first kappa shape index (κ1) is 21.0. The predicted molar refractivity (Wildman–Crippen MR) is 107 cm³/mol. The summed E-state index contributed by atoms with van der Waals surface area (Å²) in [5.41, 5.74) is 0.980. The molecule has 156 valence electrons. The van der Waals surface area contributed by atoms with Crippen LogP contribution in [0.1, 0.15) is 18.4 Å². The maximum Gasteiger partial charge on any atom is 0.236 e. The van der Waals surface area contributed by atoms with Gasteiger partial charge in [-0.2, -0.15) is 0 Å². The number of methoxy groups -OCH3 is 1. The molecule has 2 fully saturated rings. The smallest absolute Gasteiger partial charge is 0.236 e. The maximum atomic E-state index is 12.3. The largest absolute Gasteiger partial charge is 0.496 e. The quantitative estimate of drug-likeness (QED) is 0.672. The zero-order chi connectivity index (χ0) is 19.8. The first-order chi connectivity index (χ1) is 13.7. The minimum atomic E-state index is -0.521. The van der Waals surface area contributed by atoms with E-state index in [2.05, 4.69) is 9.80 Å². The molecule has 0 spiro atoms. The van der Waals surface area contributed by atoms with Crippen molar-refractivity contribution in [3.8, 4) is 5.75 Å². The molecule has 1 N–H and O–H groups in total. The van der Waals surface area contributed by atoms with E-state index < -0.39 is 6.10 Å². The second-order valence-electron chi connectivity index (χ2n) is 7.65. The molecule has 2 saturated heterocycles. The van der Waals surface area contributed by atoms with Crippen LogP contribution in [0.2, 0.25) is 0 Å². The predicted octanol–water partition coefficient (Wildman–Crippen LogP) is 0.813. The second-order valence-corrected chi connectivity index (χ2v) is 7.65. The number of aliphatic hydroxyl groups is 1. The minimum absolute atomic E-state index is 0.260. The van der Waals surface area contributed by atoms with Gasteiger partial charge in [-0.25, -0.2) is 0 Å². The Labute approximate surface area is 167 Å². The minimum Gasteiger partial charge on any atom is -0.496 e. The normalized spacial score (nSPS) is 19.7. The molecule has 2 aliphatic heterocycles. The van der Waals surface area contributed by atoms with Crippen LogP contribution in [0.5, 0.6) is 5.75 Å². The summed E-state index contributed by atoms with van der Waals surface area (Å²) >= 11 is 0. The van der Waals surface area contributed by atoms with Crippen molar-refractivity contribution >= 4 is 5.91 Å². The molecule has 0 bridgehead atoms. The van der Waals surface area contributed by atoms with Crippen LogP contribution >= 0.6 is 0 Å². The van der Waals surface area contributed by atoms with Crippen LogP contribution in [-0.4, -0.2) is 97.9 Å². The SMILES string of the molecule is COc1ccccc1COCC(O)CN1CCN(CC(=O)N2CCCC2)CC1. The van der Waals surface area contributed by atoms with Crippen molar-refractivity contribution in [2.45, 2.75) is 25.6 Å². The number of rotatable bonds is 9. The Bertz CT molecular complexity index is 613. The Hall–Kier alpha value is -1.67. The number of amides is 1. The van der Waals surface area contributed by atoms with Crippen molar-refractivity contribution in [3.05, 3.63) is 29.8 Å². The molecule has 1 unspecified atom stereocenters. The lowest BCUT2D eigenvalue weighted by molar-refractivity contribution is -0.131. The molecule has 2 aliphatic rings. The summed E-state index contributed by atoms with van der Waals surface area (Å²) in [4.78, 5) is 18.7. The fourth-order valence-corrected chi connectivity index (χ4v) is 3.87. The highest BCUT2D eigenvalue weighted by atomic mass is 16.5. The van der Waals surface area contributed by atoms with E-state index in [1.54, 1.807) is 7.11 Å². The zero-order valence-corrected chi connectivity index (χ0v) is 16.9. The van der Waals surface area contributed by atoms with Crippen LogP contribution in [0.15, 0.2) is 24.3 Å². The topological polar surface area (TPSA) is 65.5 Å². The van der Waals surface area contributed by atoms with Crippen molar-refractivity contribution in [1.82, 2.24) is 14.7 Å². The van der Waals surface area contributed by atoms with E-state index >= 15 is 0 Å². The number of benzene rings is 1. The van der Waals surface area contributed by atoms with E-state index in [-0.39, 0.29) is 5.91 Å². The molecule has 0 aromatic heterocycles. The maximum absolute atomic E-state index is 12.3. The Balaban J connectivity index is 1.31. The van der Waals surface area contributed by atoms with Gasteiger partial charge in [0.1, 0.15) is 5.75 Å². The first-order valence-electron chi connectivity index (χ1n) is 10.3. The Morgan fingerprint density at radius 1 is 1.07 bits per heavy atom. The van der Waals surface area contributed by atoms with E-state index in [1.807, 2.05) is 29.2 Å². The van der Waals surface area contributed by atoms with Crippen LogP contribution in [0, 0.1) is 0 Å². The number of para-hydroxylation sites is 1.